The second kappa shape index (κ2) is 4.66. The molecule has 96 valence electrons. The van der Waals surface area contributed by atoms with Crippen LogP contribution < -0.4 is 5.73 Å². The van der Waals surface area contributed by atoms with Gasteiger partial charge in [-0.2, -0.15) is 4.98 Å². The van der Waals surface area contributed by atoms with Gasteiger partial charge in [0.2, 0.25) is 5.89 Å². The van der Waals surface area contributed by atoms with Gasteiger partial charge >= 0.3 is 0 Å². The molecule has 0 aliphatic heterocycles. The topological polar surface area (TPSA) is 64.9 Å². The Hall–Kier alpha value is -1.46. The van der Waals surface area contributed by atoms with Crippen molar-refractivity contribution in [2.45, 2.75) is 24.8 Å². The Morgan fingerprint density at radius 1 is 1.39 bits per heavy atom. The smallest absolute Gasteiger partial charge is 0.246 e. The molecular formula is C12H13ClFN3O. The molecule has 0 bridgehead atoms. The minimum Gasteiger partial charge on any atom is -0.337 e. The maximum absolute atomic E-state index is 13.0. The maximum atomic E-state index is 13.0. The zero-order valence-electron chi connectivity index (χ0n) is 9.60. The van der Waals surface area contributed by atoms with Crippen LogP contribution in [0.15, 0.2) is 28.8 Å². The van der Waals surface area contributed by atoms with Crippen molar-refractivity contribution in [2.75, 3.05) is 0 Å². The minimum absolute atomic E-state index is 0. The van der Waals surface area contributed by atoms with Gasteiger partial charge in [0.05, 0.1) is 5.54 Å². The summed E-state index contributed by atoms with van der Waals surface area (Å²) >= 11 is 0. The van der Waals surface area contributed by atoms with E-state index in [4.69, 9.17) is 10.3 Å². The third-order valence-corrected chi connectivity index (χ3v) is 2.93. The molecule has 0 spiro atoms. The first-order valence-corrected chi connectivity index (χ1v) is 5.52. The number of aromatic nitrogens is 2. The fourth-order valence-corrected chi connectivity index (χ4v) is 1.71. The third-order valence-electron chi connectivity index (χ3n) is 2.93. The molecule has 0 atom stereocenters. The van der Waals surface area contributed by atoms with E-state index in [1.165, 1.54) is 12.1 Å². The lowest BCUT2D eigenvalue weighted by Gasteiger charge is -1.98. The molecule has 3 rings (SSSR count). The summed E-state index contributed by atoms with van der Waals surface area (Å²) in [7, 11) is 0. The van der Waals surface area contributed by atoms with E-state index in [2.05, 4.69) is 10.1 Å². The van der Waals surface area contributed by atoms with Crippen LogP contribution in [0.4, 0.5) is 4.39 Å². The molecule has 0 saturated heterocycles. The summed E-state index contributed by atoms with van der Waals surface area (Å²) in [5.74, 6) is 0.773. The predicted octanol–water partition coefficient (Wildman–Crippen LogP) is 2.17. The van der Waals surface area contributed by atoms with Crippen LogP contribution >= 0.6 is 12.4 Å². The number of halogens is 2. The molecule has 18 heavy (non-hydrogen) atoms. The molecule has 1 aliphatic rings. The van der Waals surface area contributed by atoms with Gasteiger partial charge in [0.15, 0.2) is 5.82 Å². The van der Waals surface area contributed by atoms with E-state index in [1.807, 2.05) is 6.07 Å². The highest BCUT2D eigenvalue weighted by Crippen LogP contribution is 2.41. The lowest BCUT2D eigenvalue weighted by Crippen LogP contribution is -2.19. The fraction of sp³-hybridized carbons (Fsp3) is 0.333. The summed E-state index contributed by atoms with van der Waals surface area (Å²) in [6.07, 6.45) is 2.22. The number of rotatable bonds is 3. The second-order valence-electron chi connectivity index (χ2n) is 4.48. The summed E-state index contributed by atoms with van der Waals surface area (Å²) in [5, 5.41) is 3.86. The molecule has 4 nitrogen and oxygen atoms in total. The molecule has 0 unspecified atom stereocenters. The average molecular weight is 270 g/mol. The van der Waals surface area contributed by atoms with Gasteiger partial charge in [-0.15, -0.1) is 12.4 Å². The Kier molecular flexibility index (Phi) is 3.36. The van der Waals surface area contributed by atoms with Gasteiger partial charge in [-0.05, 0) is 30.5 Å². The quantitative estimate of drug-likeness (QED) is 0.927. The third kappa shape index (κ3) is 2.52. The van der Waals surface area contributed by atoms with Crippen LogP contribution in [0.25, 0.3) is 0 Å². The Balaban J connectivity index is 0.00000120. The molecule has 2 aromatic rings. The Morgan fingerprint density at radius 3 is 2.83 bits per heavy atom. The van der Waals surface area contributed by atoms with Gasteiger partial charge in [0, 0.05) is 6.42 Å². The maximum Gasteiger partial charge on any atom is 0.246 e. The molecule has 2 N–H and O–H groups in total. The zero-order valence-corrected chi connectivity index (χ0v) is 10.4. The highest BCUT2D eigenvalue weighted by molar-refractivity contribution is 5.85. The van der Waals surface area contributed by atoms with Crippen molar-refractivity contribution in [1.82, 2.24) is 10.1 Å². The van der Waals surface area contributed by atoms with Crippen molar-refractivity contribution in [2.24, 2.45) is 5.73 Å². The van der Waals surface area contributed by atoms with Crippen LogP contribution in [0.3, 0.4) is 0 Å². The standard InChI is InChI=1S/C12H12FN3O.ClH/c13-9-3-1-2-8(6-9)7-10-15-11(17-16-10)12(14)4-5-12;/h1-3,6H,4-5,7,14H2;1H. The van der Waals surface area contributed by atoms with Crippen LogP contribution in [-0.4, -0.2) is 10.1 Å². The SMILES string of the molecule is Cl.NC1(c2nc(Cc3cccc(F)c3)no2)CC1. The van der Waals surface area contributed by atoms with E-state index < -0.39 is 5.54 Å². The normalized spacial score (nSPS) is 16.1. The van der Waals surface area contributed by atoms with Crippen LogP contribution in [0, 0.1) is 5.82 Å². The first-order valence-electron chi connectivity index (χ1n) is 5.52. The van der Waals surface area contributed by atoms with Crippen molar-refractivity contribution >= 4 is 12.4 Å². The molecule has 1 heterocycles. The van der Waals surface area contributed by atoms with E-state index in [-0.39, 0.29) is 18.2 Å². The van der Waals surface area contributed by atoms with Gasteiger partial charge in [0.25, 0.3) is 0 Å². The number of nitrogens with two attached hydrogens (primary N) is 1. The van der Waals surface area contributed by atoms with E-state index >= 15 is 0 Å². The van der Waals surface area contributed by atoms with Gasteiger partial charge in [-0.3, -0.25) is 0 Å². The Morgan fingerprint density at radius 2 is 2.17 bits per heavy atom. The van der Waals surface area contributed by atoms with Crippen molar-refractivity contribution in [3.05, 3.63) is 47.4 Å². The molecule has 1 aromatic carbocycles. The number of hydrogen-bond donors (Lipinski definition) is 1. The predicted molar refractivity (Wildman–Crippen MR) is 65.9 cm³/mol. The van der Waals surface area contributed by atoms with Crippen LogP contribution in [0.2, 0.25) is 0 Å². The van der Waals surface area contributed by atoms with Crippen molar-refractivity contribution in [1.29, 1.82) is 0 Å². The molecule has 1 fully saturated rings. The lowest BCUT2D eigenvalue weighted by atomic mass is 10.1. The monoisotopic (exact) mass is 269 g/mol. The number of benzene rings is 1. The van der Waals surface area contributed by atoms with Crippen molar-refractivity contribution in [3.8, 4) is 0 Å². The van der Waals surface area contributed by atoms with Crippen LogP contribution in [0.1, 0.15) is 30.1 Å². The highest BCUT2D eigenvalue weighted by atomic mass is 35.5. The van der Waals surface area contributed by atoms with E-state index in [9.17, 15) is 4.39 Å². The second-order valence-corrected chi connectivity index (χ2v) is 4.48. The van der Waals surface area contributed by atoms with Crippen molar-refractivity contribution < 1.29 is 8.91 Å². The van der Waals surface area contributed by atoms with Crippen molar-refractivity contribution in [3.63, 3.8) is 0 Å². The summed E-state index contributed by atoms with van der Waals surface area (Å²) in [5.41, 5.74) is 6.35. The Labute approximate surface area is 110 Å². The summed E-state index contributed by atoms with van der Waals surface area (Å²) in [4.78, 5) is 4.24. The zero-order chi connectivity index (χ0) is 11.9. The van der Waals surface area contributed by atoms with E-state index in [0.29, 0.717) is 18.1 Å². The Bertz CT molecular complexity index is 554. The van der Waals surface area contributed by atoms with E-state index in [0.717, 1.165) is 18.4 Å². The molecule has 1 aromatic heterocycles. The summed E-state index contributed by atoms with van der Waals surface area (Å²) < 4.78 is 18.1. The molecule has 1 aliphatic carbocycles. The highest BCUT2D eigenvalue weighted by Gasteiger charge is 2.45. The van der Waals surface area contributed by atoms with Crippen LogP contribution in [-0.2, 0) is 12.0 Å². The average Bonchev–Trinajstić information content (AvgIpc) is 2.87. The minimum atomic E-state index is -0.410. The van der Waals surface area contributed by atoms with Gasteiger partial charge < -0.3 is 10.3 Å². The molecular weight excluding hydrogens is 257 g/mol. The number of hydrogen-bond acceptors (Lipinski definition) is 4. The molecule has 1 saturated carbocycles. The van der Waals surface area contributed by atoms with Gasteiger partial charge in [-0.1, -0.05) is 17.3 Å². The lowest BCUT2D eigenvalue weighted by molar-refractivity contribution is 0.344. The first kappa shape index (κ1) is 13.0. The number of nitrogens with zero attached hydrogens (tertiary/aromatic N) is 2. The summed E-state index contributed by atoms with van der Waals surface area (Å²) in [6, 6.07) is 6.36. The molecule has 0 amide bonds. The van der Waals surface area contributed by atoms with Gasteiger partial charge in [0.1, 0.15) is 5.82 Å². The molecule has 6 heteroatoms. The fourth-order valence-electron chi connectivity index (χ4n) is 1.71. The van der Waals surface area contributed by atoms with Gasteiger partial charge in [-0.25, -0.2) is 4.39 Å². The van der Waals surface area contributed by atoms with Crippen LogP contribution in [0.5, 0.6) is 0 Å². The molecule has 0 radical (unpaired) electrons. The largest absolute Gasteiger partial charge is 0.337 e. The summed E-state index contributed by atoms with van der Waals surface area (Å²) in [6.45, 7) is 0. The first-order chi connectivity index (χ1) is 8.16. The van der Waals surface area contributed by atoms with E-state index in [1.54, 1.807) is 6.07 Å².